The van der Waals surface area contributed by atoms with Gasteiger partial charge in [-0.2, -0.15) is 4.31 Å². The molecule has 0 radical (unpaired) electrons. The van der Waals surface area contributed by atoms with Crippen molar-refractivity contribution < 1.29 is 17.8 Å². The molecule has 0 aliphatic carbocycles. The van der Waals surface area contributed by atoms with Crippen molar-refractivity contribution in [3.05, 3.63) is 42.0 Å². The molecule has 9 heteroatoms. The summed E-state index contributed by atoms with van der Waals surface area (Å²) in [6, 6.07) is 1.83. The third-order valence-corrected chi connectivity index (χ3v) is 6.78. The summed E-state index contributed by atoms with van der Waals surface area (Å²) in [7, 11) is -1.77. The Hall–Kier alpha value is -2.78. The Labute approximate surface area is 163 Å². The maximum absolute atomic E-state index is 13.1. The molecule has 0 unspecified atom stereocenters. The zero-order valence-electron chi connectivity index (χ0n) is 15.7. The van der Waals surface area contributed by atoms with Crippen molar-refractivity contribution in [1.29, 1.82) is 0 Å². The number of hydrogen-bond donors (Lipinski definition) is 1. The molecule has 2 aromatic heterocycles. The van der Waals surface area contributed by atoms with Crippen molar-refractivity contribution in [3.8, 4) is 0 Å². The summed E-state index contributed by atoms with van der Waals surface area (Å²) < 4.78 is 29.5. The summed E-state index contributed by atoms with van der Waals surface area (Å²) in [6.07, 6.45) is 10.2. The number of allylic oxidation sites excluding steroid dienone is 1. The quantitative estimate of drug-likeness (QED) is 0.580. The van der Waals surface area contributed by atoms with Crippen LogP contribution in [0, 0.1) is 6.42 Å². The minimum atomic E-state index is -3.56. The Morgan fingerprint density at radius 2 is 2.11 bits per heavy atom. The van der Waals surface area contributed by atoms with Gasteiger partial charge in [-0.05, 0) is 17.8 Å². The fourth-order valence-electron chi connectivity index (χ4n) is 3.52. The molecular weight excluding hydrogens is 378 g/mol. The molecule has 2 aliphatic heterocycles. The number of carbonyl (C=O) groups excluding carboxylic acids is 1. The molecule has 144 valence electrons. The molecule has 1 saturated heterocycles. The molecule has 0 atom stereocenters. The molecule has 0 bridgehead atoms. The Morgan fingerprint density at radius 1 is 1.36 bits per heavy atom. The van der Waals surface area contributed by atoms with Crippen LogP contribution >= 0.6 is 0 Å². The van der Waals surface area contributed by atoms with E-state index in [9.17, 15) is 13.2 Å². The van der Waals surface area contributed by atoms with Gasteiger partial charge in [0.2, 0.25) is 22.1 Å². The van der Waals surface area contributed by atoms with Crippen molar-refractivity contribution in [1.82, 2.24) is 14.6 Å². The number of sulfonamides is 1. The summed E-state index contributed by atoms with van der Waals surface area (Å²) in [5.74, 6) is 0.225. The topological polar surface area (TPSA) is 95.6 Å². The van der Waals surface area contributed by atoms with Crippen LogP contribution in [0.15, 0.2) is 40.2 Å². The molecule has 2 aliphatic rings. The minimum Gasteiger partial charge on any atom is -0.299 e. The monoisotopic (exact) mass is 399 g/mol. The van der Waals surface area contributed by atoms with Gasteiger partial charge in [0.15, 0.2) is 11.4 Å². The Kier molecular flexibility index (Phi) is 4.64. The lowest BCUT2D eigenvalue weighted by atomic mass is 10.1. The van der Waals surface area contributed by atoms with Crippen molar-refractivity contribution >= 4 is 38.8 Å². The van der Waals surface area contributed by atoms with Crippen LogP contribution in [0.3, 0.4) is 0 Å². The average Bonchev–Trinajstić information content (AvgIpc) is 3.30. The Balaban J connectivity index is 1.87. The van der Waals surface area contributed by atoms with Gasteiger partial charge in [-0.1, -0.05) is 0 Å². The van der Waals surface area contributed by atoms with E-state index in [1.807, 2.05) is 6.07 Å². The summed E-state index contributed by atoms with van der Waals surface area (Å²) in [6.45, 7) is 2.52. The van der Waals surface area contributed by atoms with Crippen LogP contribution in [0.4, 0.5) is 0 Å². The standard InChI is InChI=1S/C19H20N5O3S/c1-13(25)22-18-10-14(5-6-20-18)15-9-16-17(12-23(2)19(16)21-11-15)28(26,27)24-7-3-4-8-24/h5-6,9-12H,3-4,7-8H2,1-2H3/q+1/p+1. The van der Waals surface area contributed by atoms with Crippen LogP contribution in [0.1, 0.15) is 19.8 Å². The normalized spacial score (nSPS) is 19.6. The van der Waals surface area contributed by atoms with E-state index in [0.717, 1.165) is 23.6 Å². The van der Waals surface area contributed by atoms with E-state index in [-0.39, 0.29) is 10.8 Å². The molecule has 8 nitrogen and oxygen atoms in total. The Bertz CT molecular complexity index is 1180. The number of aryl methyl sites for hydroxylation is 1. The highest BCUT2D eigenvalue weighted by Gasteiger charge is 2.33. The molecule has 0 aromatic carbocycles. The van der Waals surface area contributed by atoms with Crippen LogP contribution in [0.5, 0.6) is 0 Å². The number of nitrogens with one attached hydrogen (secondary N) is 1. The molecular formula is C19H21N5O3S+2. The summed E-state index contributed by atoms with van der Waals surface area (Å²) in [4.78, 5) is 20.2. The Morgan fingerprint density at radius 3 is 2.82 bits per heavy atom. The number of pyridine rings is 1. The summed E-state index contributed by atoms with van der Waals surface area (Å²) >= 11 is 0. The zero-order chi connectivity index (χ0) is 19.9. The van der Waals surface area contributed by atoms with Gasteiger partial charge in [-0.3, -0.25) is 10.1 Å². The molecule has 0 spiro atoms. The SMILES string of the molecule is CC(=O)NC1=CC(=c2cn[c-]3c([cH+]2)c(S(=O)(=O)N2CCCC2)c[n+]3C)[CH+]C=N1. The largest absolute Gasteiger partial charge is 0.334 e. The lowest BCUT2D eigenvalue weighted by molar-refractivity contribution is -0.645. The van der Waals surface area contributed by atoms with Crippen molar-refractivity contribution in [2.45, 2.75) is 24.7 Å². The van der Waals surface area contributed by atoms with Gasteiger partial charge in [-0.15, -0.1) is 0 Å². The molecule has 4 heterocycles. The second kappa shape index (κ2) is 6.99. The summed E-state index contributed by atoms with van der Waals surface area (Å²) in [5, 5.41) is 3.99. The van der Waals surface area contributed by atoms with Gasteiger partial charge in [0.1, 0.15) is 21.7 Å². The molecule has 2 aromatic rings. The fraction of sp³-hybridized carbons (Fsp3) is 0.316. The van der Waals surface area contributed by atoms with Crippen LogP contribution in [-0.4, -0.2) is 42.9 Å². The number of carbonyl (C=O) groups is 1. The van der Waals surface area contributed by atoms with E-state index >= 15 is 0 Å². The van der Waals surface area contributed by atoms with Gasteiger partial charge in [0.25, 0.3) is 0 Å². The van der Waals surface area contributed by atoms with E-state index in [4.69, 9.17) is 0 Å². The van der Waals surface area contributed by atoms with Crippen molar-refractivity contribution in [2.75, 3.05) is 13.1 Å². The fourth-order valence-corrected chi connectivity index (χ4v) is 5.25. The smallest absolute Gasteiger partial charge is 0.299 e. The molecule has 1 amide bonds. The maximum atomic E-state index is 13.1. The van der Waals surface area contributed by atoms with E-state index in [1.165, 1.54) is 11.2 Å². The van der Waals surface area contributed by atoms with E-state index in [0.29, 0.717) is 29.9 Å². The van der Waals surface area contributed by atoms with Gasteiger partial charge in [-0.25, -0.2) is 18.0 Å². The number of fused-ring (bicyclic) bond motifs is 1. The number of nitrogens with zero attached hydrogens (tertiary/aromatic N) is 4. The molecule has 1 fully saturated rings. The first-order chi connectivity index (χ1) is 13.4. The lowest BCUT2D eigenvalue weighted by Gasteiger charge is -2.13. The van der Waals surface area contributed by atoms with Crippen LogP contribution in [0.25, 0.3) is 16.6 Å². The average molecular weight is 399 g/mol. The maximum Gasteiger partial charge on any atom is 0.334 e. The van der Waals surface area contributed by atoms with Crippen LogP contribution in [-0.2, 0) is 21.9 Å². The van der Waals surface area contributed by atoms with Crippen molar-refractivity contribution in [3.63, 3.8) is 0 Å². The number of aromatic nitrogens is 2. The summed E-state index contributed by atoms with van der Waals surface area (Å²) in [5.41, 5.74) is 1.40. The highest BCUT2D eigenvalue weighted by Crippen LogP contribution is 2.25. The first-order valence-electron chi connectivity index (χ1n) is 9.05. The predicted octanol–water partition coefficient (Wildman–Crippen LogP) is -0.0204. The highest BCUT2D eigenvalue weighted by molar-refractivity contribution is 7.89. The van der Waals surface area contributed by atoms with Crippen molar-refractivity contribution in [2.24, 2.45) is 12.0 Å². The molecule has 4 rings (SSSR count). The molecule has 1 N–H and O–H groups in total. The first kappa shape index (κ1) is 18.6. The number of aliphatic imine (C=N–C) groups is 1. The van der Waals surface area contributed by atoms with Gasteiger partial charge in [0, 0.05) is 26.1 Å². The van der Waals surface area contributed by atoms with Crippen LogP contribution in [0.2, 0.25) is 0 Å². The number of amides is 1. The van der Waals surface area contributed by atoms with E-state index in [1.54, 1.807) is 42.7 Å². The second-order valence-electron chi connectivity index (χ2n) is 6.92. The third-order valence-electron chi connectivity index (χ3n) is 4.86. The first-order valence-corrected chi connectivity index (χ1v) is 10.5. The van der Waals surface area contributed by atoms with E-state index in [2.05, 4.69) is 15.3 Å². The zero-order valence-corrected chi connectivity index (χ0v) is 16.5. The highest BCUT2D eigenvalue weighted by atomic mass is 32.2. The second-order valence-corrected chi connectivity index (χ2v) is 8.83. The predicted molar refractivity (Wildman–Crippen MR) is 104 cm³/mol. The van der Waals surface area contributed by atoms with Gasteiger partial charge in [0.05, 0.1) is 25.8 Å². The minimum absolute atomic E-state index is 0.208. The third kappa shape index (κ3) is 3.27. The van der Waals surface area contributed by atoms with Gasteiger partial charge >= 0.3 is 5.65 Å². The van der Waals surface area contributed by atoms with Crippen LogP contribution < -0.4 is 15.1 Å². The lowest BCUT2D eigenvalue weighted by Crippen LogP contribution is -2.29. The van der Waals surface area contributed by atoms with E-state index < -0.39 is 10.0 Å². The number of hydrogen-bond acceptors (Lipinski definition) is 5. The molecule has 0 saturated carbocycles. The number of rotatable bonds is 3. The molecule has 28 heavy (non-hydrogen) atoms. The van der Waals surface area contributed by atoms with Gasteiger partial charge < -0.3 is 0 Å².